The van der Waals surface area contributed by atoms with Gasteiger partial charge in [-0.2, -0.15) is 0 Å². The Morgan fingerprint density at radius 1 is 0.545 bits per heavy atom. The van der Waals surface area contributed by atoms with Crippen LogP contribution in [0.25, 0.3) is 22.9 Å². The number of rotatable bonds is 2. The van der Waals surface area contributed by atoms with Gasteiger partial charge >= 0.3 is 0 Å². The molecule has 0 bridgehead atoms. The first-order valence-corrected chi connectivity index (χ1v) is 7.63. The number of benzene rings is 3. The highest BCUT2D eigenvalue weighted by Crippen LogP contribution is 2.11. The van der Waals surface area contributed by atoms with Crippen molar-refractivity contribution in [3.8, 4) is 0 Å². The fourth-order valence-electron chi connectivity index (χ4n) is 2.02. The number of hydrogen-bond acceptors (Lipinski definition) is 0. The molecule has 0 atom stereocenters. The van der Waals surface area contributed by atoms with Crippen LogP contribution in [-0.2, 0) is 0 Å². The molecule has 0 heteroatoms. The Hall–Kier alpha value is -2.60. The maximum Gasteiger partial charge on any atom is -0.0184 e. The molecule has 112 valence electrons. The summed E-state index contributed by atoms with van der Waals surface area (Å²) in [5.41, 5.74) is 2.27. The fraction of sp³-hybridized carbons (Fsp3) is 0.0909. The van der Waals surface area contributed by atoms with E-state index >= 15 is 0 Å². The Labute approximate surface area is 134 Å². The monoisotopic (exact) mass is 288 g/mol. The molecular weight excluding hydrogens is 264 g/mol. The molecule has 0 spiro atoms. The summed E-state index contributed by atoms with van der Waals surface area (Å²) in [5.74, 6) is 0. The van der Waals surface area contributed by atoms with Crippen LogP contribution in [-0.4, -0.2) is 0 Å². The fourth-order valence-corrected chi connectivity index (χ4v) is 2.02. The smallest absolute Gasteiger partial charge is 0.0184 e. The zero-order valence-electron chi connectivity index (χ0n) is 13.5. The third-order valence-electron chi connectivity index (χ3n) is 3.09. The first-order valence-electron chi connectivity index (χ1n) is 7.63. The van der Waals surface area contributed by atoms with Crippen LogP contribution in [0.3, 0.4) is 0 Å². The van der Waals surface area contributed by atoms with Crippen molar-refractivity contribution in [1.82, 2.24) is 0 Å². The summed E-state index contributed by atoms with van der Waals surface area (Å²) in [7, 11) is 0. The standard InChI is InChI=1S/C10H8.C10H10.C2H6/c1-2-6-10-8-4-3-7-9(10)5-1;1-3-9-7-5-6-8-10(9)4-2;1-2/h1-8H;3-8H,1-2H2;1-2H3. The predicted octanol–water partition coefficient (Wildman–Crippen LogP) is 6.84. The molecule has 0 aliphatic carbocycles. The van der Waals surface area contributed by atoms with Crippen LogP contribution in [0, 0.1) is 0 Å². The lowest BCUT2D eigenvalue weighted by molar-refractivity contribution is 1.50. The summed E-state index contributed by atoms with van der Waals surface area (Å²) in [6.07, 6.45) is 3.66. The van der Waals surface area contributed by atoms with Gasteiger partial charge in [0.2, 0.25) is 0 Å². The van der Waals surface area contributed by atoms with Gasteiger partial charge in [-0.25, -0.2) is 0 Å². The summed E-state index contributed by atoms with van der Waals surface area (Å²) >= 11 is 0. The van der Waals surface area contributed by atoms with Gasteiger partial charge in [-0.3, -0.25) is 0 Å². The van der Waals surface area contributed by atoms with Crippen LogP contribution in [0.1, 0.15) is 25.0 Å². The van der Waals surface area contributed by atoms with Crippen molar-refractivity contribution >= 4 is 22.9 Å². The van der Waals surface area contributed by atoms with Crippen LogP contribution in [0.4, 0.5) is 0 Å². The lowest BCUT2D eigenvalue weighted by Gasteiger charge is -1.96. The molecule has 0 aliphatic heterocycles. The molecule has 0 heterocycles. The van der Waals surface area contributed by atoms with Crippen molar-refractivity contribution in [3.63, 3.8) is 0 Å². The lowest BCUT2D eigenvalue weighted by atomic mass is 10.1. The first kappa shape index (κ1) is 17.5. The second-order valence-corrected chi connectivity index (χ2v) is 4.38. The molecule has 0 saturated carbocycles. The molecular formula is C22H24. The minimum atomic E-state index is 1.14. The molecule has 3 rings (SSSR count). The van der Waals surface area contributed by atoms with Gasteiger partial charge in [0.05, 0.1) is 0 Å². The SMILES string of the molecule is C=Cc1ccccc1C=C.CC.c1ccc2ccccc2c1. The Bertz CT molecular complexity index is 615. The summed E-state index contributed by atoms with van der Waals surface area (Å²) in [6.45, 7) is 11.4. The summed E-state index contributed by atoms with van der Waals surface area (Å²) in [4.78, 5) is 0. The van der Waals surface area contributed by atoms with Crippen LogP contribution in [0.15, 0.2) is 86.0 Å². The highest BCUT2D eigenvalue weighted by Gasteiger charge is 1.89. The Kier molecular flexibility index (Phi) is 8.07. The average molecular weight is 288 g/mol. The van der Waals surface area contributed by atoms with E-state index in [1.165, 1.54) is 10.8 Å². The van der Waals surface area contributed by atoms with E-state index in [0.29, 0.717) is 0 Å². The second-order valence-electron chi connectivity index (χ2n) is 4.38. The van der Waals surface area contributed by atoms with Crippen molar-refractivity contribution in [1.29, 1.82) is 0 Å². The van der Waals surface area contributed by atoms with E-state index in [9.17, 15) is 0 Å². The van der Waals surface area contributed by atoms with Gasteiger partial charge in [0.15, 0.2) is 0 Å². The average Bonchev–Trinajstić information content (AvgIpc) is 2.64. The van der Waals surface area contributed by atoms with Gasteiger partial charge in [0.1, 0.15) is 0 Å². The molecule has 3 aromatic carbocycles. The van der Waals surface area contributed by atoms with Crippen LogP contribution in [0.5, 0.6) is 0 Å². The van der Waals surface area contributed by atoms with Crippen molar-refractivity contribution in [2.75, 3.05) is 0 Å². The maximum atomic E-state index is 3.69. The first-order chi connectivity index (χ1) is 10.8. The molecule has 0 fully saturated rings. The maximum absolute atomic E-state index is 3.69. The van der Waals surface area contributed by atoms with E-state index in [1.807, 2.05) is 50.3 Å². The molecule has 0 amide bonds. The van der Waals surface area contributed by atoms with Crippen molar-refractivity contribution < 1.29 is 0 Å². The molecule has 3 aromatic rings. The van der Waals surface area contributed by atoms with E-state index < -0.39 is 0 Å². The van der Waals surface area contributed by atoms with Crippen LogP contribution < -0.4 is 0 Å². The second kappa shape index (κ2) is 10.2. The number of fused-ring (bicyclic) bond motifs is 1. The summed E-state index contributed by atoms with van der Waals surface area (Å²) in [5, 5.41) is 2.62. The molecule has 22 heavy (non-hydrogen) atoms. The van der Waals surface area contributed by atoms with Crippen molar-refractivity contribution in [3.05, 3.63) is 97.1 Å². The van der Waals surface area contributed by atoms with Crippen LogP contribution >= 0.6 is 0 Å². The number of hydrogen-bond donors (Lipinski definition) is 0. The summed E-state index contributed by atoms with van der Waals surface area (Å²) in [6, 6.07) is 24.7. The minimum Gasteiger partial charge on any atom is -0.0984 e. The van der Waals surface area contributed by atoms with Crippen molar-refractivity contribution in [2.45, 2.75) is 13.8 Å². The van der Waals surface area contributed by atoms with Crippen LogP contribution in [0.2, 0.25) is 0 Å². The van der Waals surface area contributed by atoms with Gasteiger partial charge < -0.3 is 0 Å². The topological polar surface area (TPSA) is 0 Å². The van der Waals surface area contributed by atoms with E-state index in [1.54, 1.807) is 0 Å². The van der Waals surface area contributed by atoms with Gasteiger partial charge in [-0.1, -0.05) is 112 Å². The summed E-state index contributed by atoms with van der Waals surface area (Å²) < 4.78 is 0. The van der Waals surface area contributed by atoms with Crippen molar-refractivity contribution in [2.24, 2.45) is 0 Å². The Morgan fingerprint density at radius 3 is 1.09 bits per heavy atom. The van der Waals surface area contributed by atoms with E-state index in [-0.39, 0.29) is 0 Å². The predicted molar refractivity (Wildman–Crippen MR) is 102 cm³/mol. The molecule has 0 saturated heterocycles. The molecule has 0 aromatic heterocycles. The van der Waals surface area contributed by atoms with Gasteiger partial charge in [-0.05, 0) is 21.9 Å². The quantitative estimate of drug-likeness (QED) is 0.484. The molecule has 0 N–H and O–H groups in total. The third kappa shape index (κ3) is 5.06. The Balaban J connectivity index is 0.000000198. The highest BCUT2D eigenvalue weighted by atomic mass is 13.9. The third-order valence-corrected chi connectivity index (χ3v) is 3.09. The molecule has 0 unspecified atom stereocenters. The van der Waals surface area contributed by atoms with E-state index in [0.717, 1.165) is 11.1 Å². The molecule has 0 aliphatic rings. The van der Waals surface area contributed by atoms with E-state index in [4.69, 9.17) is 0 Å². The zero-order valence-corrected chi connectivity index (χ0v) is 13.5. The minimum absolute atomic E-state index is 1.14. The van der Waals surface area contributed by atoms with Gasteiger partial charge in [0.25, 0.3) is 0 Å². The molecule has 0 nitrogen and oxygen atoms in total. The normalized spacial score (nSPS) is 8.82. The lowest BCUT2D eigenvalue weighted by Crippen LogP contribution is -1.76. The Morgan fingerprint density at radius 2 is 0.818 bits per heavy atom. The largest absolute Gasteiger partial charge is 0.0984 e. The molecule has 0 radical (unpaired) electrons. The zero-order chi connectivity index (χ0) is 16.2. The van der Waals surface area contributed by atoms with E-state index in [2.05, 4.69) is 61.7 Å². The van der Waals surface area contributed by atoms with Gasteiger partial charge in [0, 0.05) is 0 Å². The van der Waals surface area contributed by atoms with Gasteiger partial charge in [-0.15, -0.1) is 0 Å². The highest BCUT2D eigenvalue weighted by molar-refractivity contribution is 5.82.